The van der Waals surface area contributed by atoms with E-state index < -0.39 is 0 Å². The molecule has 1 fully saturated rings. The molecule has 0 amide bonds. The first-order chi connectivity index (χ1) is 13.7. The SMILES string of the molecule is C=C(c1cnc2ccc(-c3ccc(OC)c(SNC)c3)cn12)N1CCCCC1. The fourth-order valence-corrected chi connectivity index (χ4v) is 4.39. The summed E-state index contributed by atoms with van der Waals surface area (Å²) in [5.74, 6) is 0.867. The van der Waals surface area contributed by atoms with Crippen LogP contribution in [0.4, 0.5) is 0 Å². The van der Waals surface area contributed by atoms with Crippen LogP contribution in [0.25, 0.3) is 22.5 Å². The molecule has 5 nitrogen and oxygen atoms in total. The molecule has 3 aromatic rings. The number of piperidine rings is 1. The third-order valence-electron chi connectivity index (χ3n) is 5.25. The van der Waals surface area contributed by atoms with Crippen LogP contribution in [0, 0.1) is 0 Å². The van der Waals surface area contributed by atoms with Gasteiger partial charge in [0.1, 0.15) is 11.4 Å². The van der Waals surface area contributed by atoms with Crippen LogP contribution in [0.5, 0.6) is 5.75 Å². The van der Waals surface area contributed by atoms with Crippen molar-refractivity contribution in [3.05, 3.63) is 55.0 Å². The lowest BCUT2D eigenvalue weighted by atomic mass is 10.1. The standard InChI is InChI=1S/C22H26N4OS/c1-16(25-11-5-4-6-12-25)19-14-24-22-10-8-18(15-26(19)22)17-7-9-20(27-3)21(13-17)28-23-2/h7-10,13-15,23H,1,4-6,11-12H2,2-3H3. The van der Waals surface area contributed by atoms with Crippen molar-refractivity contribution in [1.29, 1.82) is 0 Å². The summed E-state index contributed by atoms with van der Waals surface area (Å²) in [5, 5.41) is 0. The van der Waals surface area contributed by atoms with Gasteiger partial charge in [0.15, 0.2) is 0 Å². The highest BCUT2D eigenvalue weighted by Crippen LogP contribution is 2.33. The van der Waals surface area contributed by atoms with Crippen LogP contribution in [0.3, 0.4) is 0 Å². The van der Waals surface area contributed by atoms with Gasteiger partial charge in [0.25, 0.3) is 0 Å². The average Bonchev–Trinajstić information content (AvgIpc) is 3.17. The van der Waals surface area contributed by atoms with Gasteiger partial charge in [0, 0.05) is 19.3 Å². The first-order valence-electron chi connectivity index (χ1n) is 9.64. The summed E-state index contributed by atoms with van der Waals surface area (Å²) in [6.45, 7) is 6.53. The van der Waals surface area contributed by atoms with Gasteiger partial charge in [-0.25, -0.2) is 4.98 Å². The Morgan fingerprint density at radius 2 is 1.93 bits per heavy atom. The second-order valence-corrected chi connectivity index (χ2v) is 8.01. The van der Waals surface area contributed by atoms with Gasteiger partial charge in [-0.3, -0.25) is 9.12 Å². The predicted octanol–water partition coefficient (Wildman–Crippen LogP) is 4.69. The summed E-state index contributed by atoms with van der Waals surface area (Å²) in [6.07, 6.45) is 7.87. The van der Waals surface area contributed by atoms with Crippen molar-refractivity contribution in [1.82, 2.24) is 19.0 Å². The van der Waals surface area contributed by atoms with Crippen LogP contribution in [0.15, 0.2) is 54.2 Å². The molecule has 28 heavy (non-hydrogen) atoms. The smallest absolute Gasteiger partial charge is 0.137 e. The maximum atomic E-state index is 5.47. The van der Waals surface area contributed by atoms with Gasteiger partial charge < -0.3 is 9.64 Å². The number of aromatic nitrogens is 2. The van der Waals surface area contributed by atoms with Crippen molar-refractivity contribution in [3.63, 3.8) is 0 Å². The van der Waals surface area contributed by atoms with Crippen molar-refractivity contribution in [3.8, 4) is 16.9 Å². The Labute approximate surface area is 170 Å². The highest BCUT2D eigenvalue weighted by molar-refractivity contribution is 7.97. The molecule has 1 saturated heterocycles. The van der Waals surface area contributed by atoms with Gasteiger partial charge >= 0.3 is 0 Å². The zero-order valence-corrected chi connectivity index (χ0v) is 17.3. The molecule has 6 heteroatoms. The number of methoxy groups -OCH3 is 1. The van der Waals surface area contributed by atoms with Gasteiger partial charge in [-0.15, -0.1) is 0 Å². The lowest BCUT2D eigenvalue weighted by molar-refractivity contribution is 0.325. The minimum atomic E-state index is 0.867. The van der Waals surface area contributed by atoms with E-state index in [4.69, 9.17) is 4.74 Å². The lowest BCUT2D eigenvalue weighted by Gasteiger charge is -2.30. The Morgan fingerprint density at radius 3 is 2.68 bits per heavy atom. The molecule has 146 valence electrons. The van der Waals surface area contributed by atoms with Crippen LogP contribution in [0.2, 0.25) is 0 Å². The minimum Gasteiger partial charge on any atom is -0.496 e. The van der Waals surface area contributed by atoms with Crippen molar-refractivity contribution in [2.45, 2.75) is 24.2 Å². The molecule has 0 spiro atoms. The Balaban J connectivity index is 1.71. The monoisotopic (exact) mass is 394 g/mol. The van der Waals surface area contributed by atoms with Gasteiger partial charge in [0.05, 0.1) is 29.6 Å². The summed E-state index contributed by atoms with van der Waals surface area (Å²) in [7, 11) is 3.61. The van der Waals surface area contributed by atoms with Crippen molar-refractivity contribution in [2.75, 3.05) is 27.2 Å². The number of hydrogen-bond acceptors (Lipinski definition) is 5. The Kier molecular flexibility index (Phi) is 5.59. The number of ether oxygens (including phenoxy) is 1. The van der Waals surface area contributed by atoms with Gasteiger partial charge in [0.2, 0.25) is 0 Å². The molecular formula is C22H26N4OS. The van der Waals surface area contributed by atoms with E-state index in [1.54, 1.807) is 19.1 Å². The molecule has 1 aromatic carbocycles. The van der Waals surface area contributed by atoms with E-state index in [0.29, 0.717) is 0 Å². The molecule has 0 atom stereocenters. The van der Waals surface area contributed by atoms with E-state index in [2.05, 4.69) is 56.0 Å². The number of pyridine rings is 1. The number of benzene rings is 1. The molecule has 0 saturated carbocycles. The number of likely N-dealkylation sites (tertiary alicyclic amines) is 1. The molecule has 4 rings (SSSR count). The second kappa shape index (κ2) is 8.29. The average molecular weight is 395 g/mol. The first kappa shape index (κ1) is 18.9. The number of imidazole rings is 1. The van der Waals surface area contributed by atoms with E-state index in [1.165, 1.54) is 19.3 Å². The van der Waals surface area contributed by atoms with Gasteiger partial charge in [-0.2, -0.15) is 0 Å². The number of nitrogens with zero attached hydrogens (tertiary/aromatic N) is 3. The number of rotatable bonds is 6. The minimum absolute atomic E-state index is 0.867. The first-order valence-corrected chi connectivity index (χ1v) is 10.5. The second-order valence-electron chi connectivity index (χ2n) is 6.96. The quantitative estimate of drug-likeness (QED) is 0.614. The molecule has 1 aliphatic heterocycles. The molecule has 0 radical (unpaired) electrons. The fraction of sp³-hybridized carbons (Fsp3) is 0.318. The Morgan fingerprint density at radius 1 is 1.14 bits per heavy atom. The summed E-state index contributed by atoms with van der Waals surface area (Å²) >= 11 is 1.55. The van der Waals surface area contributed by atoms with Crippen LogP contribution in [-0.4, -0.2) is 41.5 Å². The molecule has 3 heterocycles. The number of fused-ring (bicyclic) bond motifs is 1. The highest BCUT2D eigenvalue weighted by Gasteiger charge is 2.17. The molecule has 2 aromatic heterocycles. The van der Waals surface area contributed by atoms with E-state index in [9.17, 15) is 0 Å². The van der Waals surface area contributed by atoms with E-state index in [-0.39, 0.29) is 0 Å². The van der Waals surface area contributed by atoms with Crippen LogP contribution in [-0.2, 0) is 0 Å². The summed E-state index contributed by atoms with van der Waals surface area (Å²) in [6, 6.07) is 10.4. The molecule has 0 aliphatic carbocycles. The van der Waals surface area contributed by atoms with Crippen LogP contribution >= 0.6 is 11.9 Å². The number of hydrogen-bond donors (Lipinski definition) is 1. The normalized spacial score (nSPS) is 14.4. The zero-order chi connectivity index (χ0) is 19.5. The third kappa shape index (κ3) is 3.62. The molecule has 0 bridgehead atoms. The highest BCUT2D eigenvalue weighted by atomic mass is 32.2. The predicted molar refractivity (Wildman–Crippen MR) is 117 cm³/mol. The molecular weight excluding hydrogens is 368 g/mol. The van der Waals surface area contributed by atoms with Crippen LogP contribution in [0.1, 0.15) is 25.0 Å². The maximum Gasteiger partial charge on any atom is 0.137 e. The number of nitrogens with one attached hydrogen (secondary N) is 1. The Hall–Kier alpha value is -2.44. The molecule has 1 N–H and O–H groups in total. The van der Waals surface area contributed by atoms with Crippen molar-refractivity contribution in [2.24, 2.45) is 0 Å². The summed E-state index contributed by atoms with van der Waals surface area (Å²) < 4.78 is 10.8. The Bertz CT molecular complexity index is 991. The molecule has 0 unspecified atom stereocenters. The van der Waals surface area contributed by atoms with E-state index >= 15 is 0 Å². The largest absolute Gasteiger partial charge is 0.496 e. The van der Waals surface area contributed by atoms with Crippen molar-refractivity contribution >= 4 is 23.3 Å². The zero-order valence-electron chi connectivity index (χ0n) is 16.4. The van der Waals surface area contributed by atoms with Gasteiger partial charge in [-0.05, 0) is 73.7 Å². The summed E-state index contributed by atoms with van der Waals surface area (Å²) in [4.78, 5) is 8.03. The van der Waals surface area contributed by atoms with Crippen molar-refractivity contribution < 1.29 is 4.74 Å². The van der Waals surface area contributed by atoms with E-state index in [0.717, 1.165) is 51.9 Å². The summed E-state index contributed by atoms with van der Waals surface area (Å²) in [5.41, 5.74) is 5.35. The molecule has 1 aliphatic rings. The topological polar surface area (TPSA) is 41.8 Å². The maximum absolute atomic E-state index is 5.47. The van der Waals surface area contributed by atoms with Gasteiger partial charge in [-0.1, -0.05) is 12.6 Å². The van der Waals surface area contributed by atoms with E-state index in [1.807, 2.05) is 19.3 Å². The fourth-order valence-electron chi connectivity index (χ4n) is 3.74. The third-order valence-corrected chi connectivity index (χ3v) is 5.99. The lowest BCUT2D eigenvalue weighted by Crippen LogP contribution is -2.28. The van der Waals surface area contributed by atoms with Crippen LogP contribution < -0.4 is 9.46 Å².